The van der Waals surface area contributed by atoms with Gasteiger partial charge in [0.05, 0.1) is 0 Å². The third-order valence-electron chi connectivity index (χ3n) is 5.01. The highest BCUT2D eigenvalue weighted by atomic mass is 127. The molecule has 0 N–H and O–H groups in total. The molecule has 0 spiro atoms. The zero-order chi connectivity index (χ0) is 23.0. The highest BCUT2D eigenvalue weighted by Gasteiger charge is 1.98. The smallest absolute Gasteiger partial charge is 0.0130 e. The summed E-state index contributed by atoms with van der Waals surface area (Å²) in [6.07, 6.45) is 13.1. The predicted octanol–water partition coefficient (Wildman–Crippen LogP) is 10.0. The van der Waals surface area contributed by atoms with Crippen molar-refractivity contribution in [3.8, 4) is 0 Å². The molecule has 4 aromatic rings. The normalized spacial score (nSPS) is 11.7. The van der Waals surface area contributed by atoms with Crippen molar-refractivity contribution in [1.82, 2.24) is 0 Å². The Morgan fingerprint density at radius 3 is 0.758 bits per heavy atom. The van der Waals surface area contributed by atoms with Crippen LogP contribution in [0, 0.1) is 10.7 Å². The lowest BCUT2D eigenvalue weighted by Gasteiger charge is -2.03. The van der Waals surface area contributed by atoms with Crippen molar-refractivity contribution in [2.45, 2.75) is 0 Å². The summed E-state index contributed by atoms with van der Waals surface area (Å²) in [5, 5.41) is 0. The van der Waals surface area contributed by atoms with Crippen molar-refractivity contribution in [3.05, 3.63) is 135 Å². The Bertz CT molecular complexity index is 1120. The van der Waals surface area contributed by atoms with Crippen LogP contribution < -0.4 is 0 Å². The van der Waals surface area contributed by atoms with Crippen molar-refractivity contribution in [1.29, 1.82) is 0 Å². The molecule has 0 heterocycles. The van der Waals surface area contributed by atoms with Crippen LogP contribution in [0.1, 0.15) is 33.4 Å². The number of halogens is 3. The molecule has 162 valence electrons. The van der Waals surface area contributed by atoms with Crippen LogP contribution in [0.4, 0.5) is 0 Å². The number of benzene rings is 4. The van der Waals surface area contributed by atoms with Gasteiger partial charge >= 0.3 is 0 Å². The lowest BCUT2D eigenvalue weighted by Crippen LogP contribution is -1.82. The predicted molar refractivity (Wildman–Crippen MR) is 171 cm³/mol. The molecule has 0 amide bonds. The monoisotopic (exact) mass is 762 g/mol. The summed E-state index contributed by atoms with van der Waals surface area (Å²) in [6.45, 7) is 0. The molecule has 0 aliphatic carbocycles. The van der Waals surface area contributed by atoms with Crippen LogP contribution in [0.15, 0.2) is 91.0 Å². The van der Waals surface area contributed by atoms with E-state index in [1.165, 1.54) is 44.1 Å². The quantitative estimate of drug-likeness (QED) is 0.136. The second kappa shape index (κ2) is 12.1. The minimum absolute atomic E-state index is 1.18. The topological polar surface area (TPSA) is 0 Å². The molecule has 0 nitrogen and oxygen atoms in total. The molecule has 0 fully saturated rings. The van der Waals surface area contributed by atoms with Crippen molar-refractivity contribution in [2.24, 2.45) is 0 Å². The molecule has 0 saturated heterocycles. The SMILES string of the molecule is Ic1ccc(/C=C/c2cc(/C=C/c3ccc(I)cc3)cc(/C=C/c3ccc(I)cc3)c2)cc1. The third kappa shape index (κ3) is 7.93. The fraction of sp³-hybridized carbons (Fsp3) is 0. The van der Waals surface area contributed by atoms with E-state index in [0.29, 0.717) is 0 Å². The maximum Gasteiger partial charge on any atom is 0.0130 e. The molecule has 0 unspecified atom stereocenters. The largest absolute Gasteiger partial charge is 0.0544 e. The van der Waals surface area contributed by atoms with Crippen molar-refractivity contribution in [2.75, 3.05) is 0 Å². The summed E-state index contributed by atoms with van der Waals surface area (Å²) in [4.78, 5) is 0. The van der Waals surface area contributed by atoms with Gasteiger partial charge in [-0.15, -0.1) is 0 Å². The van der Waals surface area contributed by atoms with Gasteiger partial charge in [0, 0.05) is 10.7 Å². The minimum Gasteiger partial charge on any atom is -0.0544 e. The molecule has 0 radical (unpaired) electrons. The van der Waals surface area contributed by atoms with E-state index in [2.05, 4.69) is 195 Å². The van der Waals surface area contributed by atoms with Crippen LogP contribution >= 0.6 is 67.8 Å². The van der Waals surface area contributed by atoms with Gasteiger partial charge in [-0.05, 0) is 156 Å². The summed E-state index contributed by atoms with van der Waals surface area (Å²) >= 11 is 7.01. The molecule has 0 bridgehead atoms. The van der Waals surface area contributed by atoms with Gasteiger partial charge in [-0.25, -0.2) is 0 Å². The van der Waals surface area contributed by atoms with Crippen molar-refractivity contribution >= 4 is 104 Å². The number of rotatable bonds is 6. The molecule has 0 atom stereocenters. The Morgan fingerprint density at radius 1 is 0.303 bits per heavy atom. The molecule has 3 heteroatoms. The first kappa shape index (κ1) is 24.4. The molecule has 0 aliphatic heterocycles. The summed E-state index contributed by atoms with van der Waals surface area (Å²) in [7, 11) is 0. The molecule has 4 aromatic carbocycles. The first-order chi connectivity index (χ1) is 16.0. The molecule has 33 heavy (non-hydrogen) atoms. The van der Waals surface area contributed by atoms with E-state index in [-0.39, 0.29) is 0 Å². The van der Waals surface area contributed by atoms with Gasteiger partial charge < -0.3 is 0 Å². The van der Waals surface area contributed by atoms with Gasteiger partial charge in [-0.2, -0.15) is 0 Å². The number of hydrogen-bond donors (Lipinski definition) is 0. The van der Waals surface area contributed by atoms with Gasteiger partial charge in [0.2, 0.25) is 0 Å². The lowest BCUT2D eigenvalue weighted by atomic mass is 10.0. The van der Waals surface area contributed by atoms with Crippen LogP contribution in [-0.4, -0.2) is 0 Å². The summed E-state index contributed by atoms with van der Waals surface area (Å²) in [5.41, 5.74) is 7.14. The second-order valence-corrected chi connectivity index (χ2v) is 11.3. The highest BCUT2D eigenvalue weighted by molar-refractivity contribution is 14.1. The van der Waals surface area contributed by atoms with Crippen LogP contribution in [0.25, 0.3) is 36.5 Å². The Balaban J connectivity index is 1.64. The van der Waals surface area contributed by atoms with E-state index in [4.69, 9.17) is 0 Å². The highest BCUT2D eigenvalue weighted by Crippen LogP contribution is 2.20. The van der Waals surface area contributed by atoms with E-state index in [9.17, 15) is 0 Å². The number of hydrogen-bond acceptors (Lipinski definition) is 0. The van der Waals surface area contributed by atoms with Gasteiger partial charge in [-0.3, -0.25) is 0 Å². The molecule has 0 saturated carbocycles. The Hall–Kier alpha value is -1.71. The first-order valence-electron chi connectivity index (χ1n) is 10.5. The van der Waals surface area contributed by atoms with Gasteiger partial charge in [0.1, 0.15) is 0 Å². The van der Waals surface area contributed by atoms with E-state index in [0.717, 1.165) is 0 Å². The van der Waals surface area contributed by atoms with E-state index in [1.807, 2.05) is 0 Å². The van der Waals surface area contributed by atoms with Crippen LogP contribution in [0.3, 0.4) is 0 Å². The van der Waals surface area contributed by atoms with E-state index in [1.54, 1.807) is 0 Å². The fourth-order valence-electron chi connectivity index (χ4n) is 3.29. The lowest BCUT2D eigenvalue weighted by molar-refractivity contribution is 1.57. The summed E-state index contributed by atoms with van der Waals surface area (Å²) in [5.74, 6) is 0. The average molecular weight is 762 g/mol. The van der Waals surface area contributed by atoms with Gasteiger partial charge in [0.15, 0.2) is 0 Å². The van der Waals surface area contributed by atoms with E-state index < -0.39 is 0 Å². The molecular weight excluding hydrogens is 741 g/mol. The molecule has 4 rings (SSSR count). The Kier molecular flexibility index (Phi) is 8.97. The van der Waals surface area contributed by atoms with Gasteiger partial charge in [-0.1, -0.05) is 72.9 Å². The Labute approximate surface area is 237 Å². The third-order valence-corrected chi connectivity index (χ3v) is 7.17. The summed E-state index contributed by atoms with van der Waals surface area (Å²) < 4.78 is 3.74. The molecule has 0 aromatic heterocycles. The fourth-order valence-corrected chi connectivity index (χ4v) is 4.37. The van der Waals surface area contributed by atoms with Crippen molar-refractivity contribution in [3.63, 3.8) is 0 Å². The van der Waals surface area contributed by atoms with E-state index >= 15 is 0 Å². The second-order valence-electron chi connectivity index (χ2n) is 7.59. The maximum atomic E-state index is 2.34. The van der Waals surface area contributed by atoms with Gasteiger partial charge in [0.25, 0.3) is 0 Å². The van der Waals surface area contributed by atoms with Crippen LogP contribution in [0.2, 0.25) is 0 Å². The standard InChI is InChI=1S/C30H21I3/c31-28-13-7-22(8-14-28)1-4-25-19-26(5-2-23-9-15-29(32)16-10-23)21-27(20-25)6-3-24-11-17-30(33)18-12-24/h1-21H/b4-1+,5-2+,6-3+. The molecular formula is C30H21I3. The molecule has 0 aliphatic rings. The summed E-state index contributed by atoms with van der Waals surface area (Å²) in [6, 6.07) is 32.4. The maximum absolute atomic E-state index is 2.34. The zero-order valence-corrected chi connectivity index (χ0v) is 24.2. The van der Waals surface area contributed by atoms with Crippen LogP contribution in [0.5, 0.6) is 0 Å². The first-order valence-corrected chi connectivity index (χ1v) is 13.7. The van der Waals surface area contributed by atoms with Crippen molar-refractivity contribution < 1.29 is 0 Å². The van der Waals surface area contributed by atoms with Crippen LogP contribution in [-0.2, 0) is 0 Å². The average Bonchev–Trinajstić information content (AvgIpc) is 2.83. The zero-order valence-electron chi connectivity index (χ0n) is 17.8. The minimum atomic E-state index is 1.18. The Morgan fingerprint density at radius 2 is 0.515 bits per heavy atom.